The Balaban J connectivity index is 1.34. The molecule has 7 nitrogen and oxygen atoms in total. The van der Waals surface area contributed by atoms with Crippen LogP contribution in [0.15, 0.2) is 91.1 Å². The summed E-state index contributed by atoms with van der Waals surface area (Å²) in [5, 5.41) is 10.7. The Hall–Kier alpha value is -3.94. The van der Waals surface area contributed by atoms with Crippen LogP contribution in [0, 0.1) is 0 Å². The number of fused-ring (bicyclic) bond motifs is 1. The Kier molecular flexibility index (Phi) is 8.16. The lowest BCUT2D eigenvalue weighted by Gasteiger charge is -2.42. The van der Waals surface area contributed by atoms with E-state index < -0.39 is 5.97 Å². The van der Waals surface area contributed by atoms with Gasteiger partial charge in [-0.3, -0.25) is 19.4 Å². The van der Waals surface area contributed by atoms with Gasteiger partial charge in [0.1, 0.15) is 0 Å². The summed E-state index contributed by atoms with van der Waals surface area (Å²) in [6.07, 6.45) is 2.79. The third kappa shape index (κ3) is 6.49. The van der Waals surface area contributed by atoms with Gasteiger partial charge in [-0.1, -0.05) is 78.9 Å². The molecule has 0 saturated carbocycles. The zero-order valence-corrected chi connectivity index (χ0v) is 21.5. The molecule has 0 aliphatic carbocycles. The topological polar surface area (TPSA) is 79.9 Å². The van der Waals surface area contributed by atoms with E-state index in [0.717, 1.165) is 37.1 Å². The monoisotopic (exact) mass is 510 g/mol. The molecule has 0 spiro atoms. The summed E-state index contributed by atoms with van der Waals surface area (Å²) in [7, 11) is 0. The molecule has 1 aliphatic heterocycles. The van der Waals surface area contributed by atoms with Gasteiger partial charge in [-0.15, -0.1) is 0 Å². The SMILES string of the molecule is O=C(O)CN(CC(=O)N1CCN(Cc2ccccc2)C[C@@H]1Cc1c[nH]c2ccccc12)Cc1ccccc1. The van der Waals surface area contributed by atoms with Gasteiger partial charge in [0.2, 0.25) is 5.91 Å². The summed E-state index contributed by atoms with van der Waals surface area (Å²) >= 11 is 0. The summed E-state index contributed by atoms with van der Waals surface area (Å²) in [5.41, 5.74) is 4.53. The molecule has 0 bridgehead atoms. The molecule has 5 rings (SSSR count). The molecular weight excluding hydrogens is 476 g/mol. The van der Waals surface area contributed by atoms with Gasteiger partial charge in [0.15, 0.2) is 0 Å². The van der Waals surface area contributed by atoms with Crippen molar-refractivity contribution in [3.63, 3.8) is 0 Å². The predicted molar refractivity (Wildman–Crippen MR) is 149 cm³/mol. The van der Waals surface area contributed by atoms with E-state index in [1.807, 2.05) is 53.4 Å². The Morgan fingerprint density at radius 2 is 1.55 bits per heavy atom. The number of carbonyl (C=O) groups excluding carboxylic acids is 1. The van der Waals surface area contributed by atoms with Crippen LogP contribution in [0.5, 0.6) is 0 Å². The Morgan fingerprint density at radius 1 is 0.868 bits per heavy atom. The first kappa shape index (κ1) is 25.7. The smallest absolute Gasteiger partial charge is 0.317 e. The highest BCUT2D eigenvalue weighted by Gasteiger charge is 2.32. The van der Waals surface area contributed by atoms with E-state index in [1.165, 1.54) is 16.5 Å². The van der Waals surface area contributed by atoms with Crippen molar-refractivity contribution in [3.05, 3.63) is 108 Å². The molecule has 0 radical (unpaired) electrons. The Morgan fingerprint density at radius 3 is 2.29 bits per heavy atom. The fourth-order valence-electron chi connectivity index (χ4n) is 5.44. The highest BCUT2D eigenvalue weighted by atomic mass is 16.4. The lowest BCUT2D eigenvalue weighted by molar-refractivity contribution is -0.141. The quantitative estimate of drug-likeness (QED) is 0.337. The number of piperazine rings is 1. The van der Waals surface area contributed by atoms with Gasteiger partial charge >= 0.3 is 5.97 Å². The van der Waals surface area contributed by atoms with Crippen molar-refractivity contribution >= 4 is 22.8 Å². The number of nitrogens with one attached hydrogen (secondary N) is 1. The molecule has 1 aromatic heterocycles. The van der Waals surface area contributed by atoms with Crippen molar-refractivity contribution < 1.29 is 14.7 Å². The zero-order chi connectivity index (χ0) is 26.3. The minimum atomic E-state index is -0.934. The van der Waals surface area contributed by atoms with Gasteiger partial charge in [-0.05, 0) is 29.2 Å². The van der Waals surface area contributed by atoms with Crippen LogP contribution in [0.25, 0.3) is 10.9 Å². The number of carbonyl (C=O) groups is 2. The molecule has 1 aliphatic rings. The van der Waals surface area contributed by atoms with Gasteiger partial charge in [-0.25, -0.2) is 0 Å². The number of rotatable bonds is 10. The van der Waals surface area contributed by atoms with E-state index in [2.05, 4.69) is 52.5 Å². The minimum absolute atomic E-state index is 0.0115. The second-order valence-electron chi connectivity index (χ2n) is 10.0. The fraction of sp³-hybridized carbons (Fsp3) is 0.290. The number of carboxylic acid groups (broad SMARTS) is 1. The molecule has 196 valence electrons. The first-order chi connectivity index (χ1) is 18.5. The number of nitrogens with zero attached hydrogens (tertiary/aromatic N) is 3. The molecule has 1 amide bonds. The second-order valence-corrected chi connectivity index (χ2v) is 10.0. The van der Waals surface area contributed by atoms with Crippen molar-refractivity contribution in [2.75, 3.05) is 32.7 Å². The third-order valence-corrected chi connectivity index (χ3v) is 7.23. The van der Waals surface area contributed by atoms with Crippen LogP contribution < -0.4 is 0 Å². The number of aromatic amines is 1. The van der Waals surface area contributed by atoms with Crippen LogP contribution in [-0.2, 0) is 29.1 Å². The molecule has 2 heterocycles. The lowest BCUT2D eigenvalue weighted by atomic mass is 10.0. The van der Waals surface area contributed by atoms with Crippen LogP contribution in [0.1, 0.15) is 16.7 Å². The van der Waals surface area contributed by atoms with E-state index in [4.69, 9.17) is 0 Å². The minimum Gasteiger partial charge on any atom is -0.480 e. The summed E-state index contributed by atoms with van der Waals surface area (Å²) < 4.78 is 0. The van der Waals surface area contributed by atoms with Crippen molar-refractivity contribution in [2.45, 2.75) is 25.6 Å². The molecule has 3 aromatic carbocycles. The predicted octanol–water partition coefficient (Wildman–Crippen LogP) is 4.01. The van der Waals surface area contributed by atoms with Crippen molar-refractivity contribution in [1.29, 1.82) is 0 Å². The van der Waals surface area contributed by atoms with Gasteiger partial charge in [0.25, 0.3) is 0 Å². The van der Waals surface area contributed by atoms with E-state index >= 15 is 0 Å². The van der Waals surface area contributed by atoms with Gasteiger partial charge in [-0.2, -0.15) is 0 Å². The molecule has 1 saturated heterocycles. The largest absolute Gasteiger partial charge is 0.480 e. The molecule has 38 heavy (non-hydrogen) atoms. The first-order valence-electron chi connectivity index (χ1n) is 13.1. The van der Waals surface area contributed by atoms with Gasteiger partial charge < -0.3 is 15.0 Å². The zero-order valence-electron chi connectivity index (χ0n) is 21.5. The Bertz CT molecular complexity index is 1360. The number of aromatic nitrogens is 1. The van der Waals surface area contributed by atoms with Crippen molar-refractivity contribution in [3.8, 4) is 0 Å². The molecule has 7 heteroatoms. The van der Waals surface area contributed by atoms with Crippen LogP contribution in [0.3, 0.4) is 0 Å². The first-order valence-corrected chi connectivity index (χ1v) is 13.1. The number of H-pyrrole nitrogens is 1. The maximum absolute atomic E-state index is 13.7. The Labute approximate surface area is 223 Å². The van der Waals surface area contributed by atoms with Crippen LogP contribution >= 0.6 is 0 Å². The molecular formula is C31H34N4O3. The number of amides is 1. The average molecular weight is 511 g/mol. The van der Waals surface area contributed by atoms with Crippen molar-refractivity contribution in [1.82, 2.24) is 19.7 Å². The summed E-state index contributed by atoms with van der Waals surface area (Å²) in [6.45, 7) is 3.31. The summed E-state index contributed by atoms with van der Waals surface area (Å²) in [6, 6.07) is 28.4. The number of aliphatic carboxylic acids is 1. The number of hydrogen-bond donors (Lipinski definition) is 2. The van der Waals surface area contributed by atoms with Crippen molar-refractivity contribution in [2.24, 2.45) is 0 Å². The average Bonchev–Trinajstić information content (AvgIpc) is 3.32. The molecule has 4 aromatic rings. The number of para-hydroxylation sites is 1. The van der Waals surface area contributed by atoms with E-state index in [1.54, 1.807) is 4.90 Å². The highest BCUT2D eigenvalue weighted by Crippen LogP contribution is 2.23. The summed E-state index contributed by atoms with van der Waals surface area (Å²) in [5.74, 6) is -0.955. The van der Waals surface area contributed by atoms with Crippen LogP contribution in [0.4, 0.5) is 0 Å². The molecule has 1 fully saturated rings. The van der Waals surface area contributed by atoms with Crippen LogP contribution in [0.2, 0.25) is 0 Å². The van der Waals surface area contributed by atoms with E-state index in [0.29, 0.717) is 13.1 Å². The standard InChI is InChI=1S/C31H34N4O3/c36-30(22-34(23-31(37)38)20-25-11-5-2-6-12-25)35-16-15-33(19-24-9-3-1-4-10-24)21-27(35)17-26-18-32-29-14-8-7-13-28(26)29/h1-14,18,27,32H,15-17,19-23H2,(H,37,38)/t27-/m0/s1. The summed E-state index contributed by atoms with van der Waals surface area (Å²) in [4.78, 5) is 34.8. The van der Waals surface area contributed by atoms with Gasteiger partial charge in [0.05, 0.1) is 13.1 Å². The van der Waals surface area contributed by atoms with E-state index in [-0.39, 0.29) is 25.0 Å². The highest BCUT2D eigenvalue weighted by molar-refractivity contribution is 5.83. The maximum Gasteiger partial charge on any atom is 0.317 e. The molecule has 2 N–H and O–H groups in total. The lowest BCUT2D eigenvalue weighted by Crippen LogP contribution is -2.57. The number of hydrogen-bond acceptors (Lipinski definition) is 4. The fourth-order valence-corrected chi connectivity index (χ4v) is 5.44. The number of carboxylic acids is 1. The molecule has 1 atom stereocenters. The maximum atomic E-state index is 13.7. The normalized spacial score (nSPS) is 16.2. The van der Waals surface area contributed by atoms with E-state index in [9.17, 15) is 14.7 Å². The van der Waals surface area contributed by atoms with Crippen LogP contribution in [-0.4, -0.2) is 75.4 Å². The molecule has 0 unspecified atom stereocenters. The van der Waals surface area contributed by atoms with Gasteiger partial charge in [0, 0.05) is 55.9 Å². The third-order valence-electron chi connectivity index (χ3n) is 7.23. The second kappa shape index (κ2) is 12.1. The number of benzene rings is 3.